The minimum atomic E-state index is 0.501. The van der Waals surface area contributed by atoms with Crippen molar-refractivity contribution in [2.75, 3.05) is 18.9 Å². The molecular weight excluding hydrogens is 250 g/mol. The summed E-state index contributed by atoms with van der Waals surface area (Å²) in [5, 5.41) is 0. The van der Waals surface area contributed by atoms with E-state index in [1.165, 1.54) is 5.56 Å². The Kier molecular flexibility index (Phi) is 4.88. The number of benzene rings is 2. The first-order chi connectivity index (χ1) is 9.69. The van der Waals surface area contributed by atoms with Crippen LogP contribution >= 0.6 is 0 Å². The van der Waals surface area contributed by atoms with Crippen LogP contribution in [0.5, 0.6) is 11.5 Å². The lowest BCUT2D eigenvalue weighted by Crippen LogP contribution is -2.09. The van der Waals surface area contributed by atoms with Crippen LogP contribution in [0.3, 0.4) is 0 Å². The fraction of sp³-hybridized carbons (Fsp3) is 0.294. The van der Waals surface area contributed by atoms with E-state index in [0.29, 0.717) is 18.9 Å². The number of nitrogens with two attached hydrogens (primary N) is 1. The van der Waals surface area contributed by atoms with Crippen molar-refractivity contribution in [2.24, 2.45) is 0 Å². The van der Waals surface area contributed by atoms with Crippen LogP contribution in [0, 0.1) is 6.92 Å². The van der Waals surface area contributed by atoms with Gasteiger partial charge in [-0.05, 0) is 42.7 Å². The van der Waals surface area contributed by atoms with Crippen molar-refractivity contribution >= 4 is 5.69 Å². The molecule has 0 bridgehead atoms. The van der Waals surface area contributed by atoms with E-state index in [4.69, 9.17) is 15.2 Å². The third-order valence-corrected chi connectivity index (χ3v) is 3.13. The molecular formula is C17H21NO2. The zero-order valence-corrected chi connectivity index (χ0v) is 12.1. The van der Waals surface area contributed by atoms with Gasteiger partial charge in [0.25, 0.3) is 0 Å². The van der Waals surface area contributed by atoms with Gasteiger partial charge in [0, 0.05) is 11.8 Å². The second-order valence-electron chi connectivity index (χ2n) is 4.72. The highest BCUT2D eigenvalue weighted by Gasteiger charge is 2.01. The Balaban J connectivity index is 1.82. The number of aryl methyl sites for hydroxylation is 2. The molecule has 0 heterocycles. The molecule has 3 nitrogen and oxygen atoms in total. The molecule has 20 heavy (non-hydrogen) atoms. The molecule has 0 unspecified atom stereocenters. The molecule has 0 aliphatic carbocycles. The minimum absolute atomic E-state index is 0.501. The van der Waals surface area contributed by atoms with E-state index in [9.17, 15) is 0 Å². The highest BCUT2D eigenvalue weighted by Crippen LogP contribution is 2.20. The maximum atomic E-state index is 5.74. The van der Waals surface area contributed by atoms with Gasteiger partial charge in [-0.1, -0.05) is 25.1 Å². The first-order valence-corrected chi connectivity index (χ1v) is 6.89. The van der Waals surface area contributed by atoms with Gasteiger partial charge in [0.15, 0.2) is 0 Å². The number of ether oxygens (including phenoxy) is 2. The van der Waals surface area contributed by atoms with E-state index in [1.54, 1.807) is 0 Å². The fourth-order valence-electron chi connectivity index (χ4n) is 1.94. The van der Waals surface area contributed by atoms with Crippen molar-refractivity contribution in [3.8, 4) is 11.5 Å². The van der Waals surface area contributed by atoms with Gasteiger partial charge < -0.3 is 15.2 Å². The summed E-state index contributed by atoms with van der Waals surface area (Å²) in [5.41, 5.74) is 8.80. The molecule has 0 spiro atoms. The molecule has 106 valence electrons. The van der Waals surface area contributed by atoms with Gasteiger partial charge in [-0.2, -0.15) is 0 Å². The molecule has 0 radical (unpaired) electrons. The molecule has 0 atom stereocenters. The van der Waals surface area contributed by atoms with Crippen LogP contribution < -0.4 is 15.2 Å². The Labute approximate surface area is 120 Å². The molecule has 0 amide bonds. The predicted molar refractivity (Wildman–Crippen MR) is 82.4 cm³/mol. The third kappa shape index (κ3) is 3.92. The Morgan fingerprint density at radius 1 is 1.00 bits per heavy atom. The average Bonchev–Trinajstić information content (AvgIpc) is 2.47. The third-order valence-electron chi connectivity index (χ3n) is 3.13. The Morgan fingerprint density at radius 3 is 2.60 bits per heavy atom. The summed E-state index contributed by atoms with van der Waals surface area (Å²) < 4.78 is 11.4. The number of hydrogen-bond acceptors (Lipinski definition) is 3. The van der Waals surface area contributed by atoms with Crippen molar-refractivity contribution in [3.63, 3.8) is 0 Å². The molecule has 0 aliphatic rings. The normalized spacial score (nSPS) is 10.3. The first kappa shape index (κ1) is 14.3. The van der Waals surface area contributed by atoms with Crippen LogP contribution in [-0.2, 0) is 6.42 Å². The maximum Gasteiger partial charge on any atom is 0.124 e. The van der Waals surface area contributed by atoms with Gasteiger partial charge in [-0.25, -0.2) is 0 Å². The van der Waals surface area contributed by atoms with Gasteiger partial charge in [-0.3, -0.25) is 0 Å². The van der Waals surface area contributed by atoms with Gasteiger partial charge in [0.1, 0.15) is 24.7 Å². The van der Waals surface area contributed by atoms with Crippen LogP contribution in [0.4, 0.5) is 5.69 Å². The van der Waals surface area contributed by atoms with E-state index < -0.39 is 0 Å². The van der Waals surface area contributed by atoms with E-state index in [1.807, 2.05) is 37.3 Å². The predicted octanol–water partition coefficient (Wildman–Crippen LogP) is 3.60. The van der Waals surface area contributed by atoms with Crippen molar-refractivity contribution in [1.82, 2.24) is 0 Å². The molecule has 2 rings (SSSR count). The zero-order valence-electron chi connectivity index (χ0n) is 12.1. The number of nitrogen functional groups attached to an aromatic ring is 1. The van der Waals surface area contributed by atoms with Crippen LogP contribution in [-0.4, -0.2) is 13.2 Å². The standard InChI is InChI=1S/C17H21NO2/c1-3-14-5-4-6-16(11-14)19-9-10-20-17-12-15(18)8-7-13(17)2/h4-8,11-12H,3,9-10,18H2,1-2H3. The molecule has 2 N–H and O–H groups in total. The summed E-state index contributed by atoms with van der Waals surface area (Å²) in [6, 6.07) is 13.8. The molecule has 0 saturated carbocycles. The summed E-state index contributed by atoms with van der Waals surface area (Å²) >= 11 is 0. The molecule has 2 aromatic carbocycles. The SMILES string of the molecule is CCc1cccc(OCCOc2cc(N)ccc2C)c1. The number of rotatable bonds is 6. The summed E-state index contributed by atoms with van der Waals surface area (Å²) in [4.78, 5) is 0. The zero-order chi connectivity index (χ0) is 14.4. The van der Waals surface area contributed by atoms with Crippen molar-refractivity contribution in [1.29, 1.82) is 0 Å². The molecule has 3 heteroatoms. The summed E-state index contributed by atoms with van der Waals surface area (Å²) in [5.74, 6) is 1.70. The molecule has 0 aromatic heterocycles. The average molecular weight is 271 g/mol. The Bertz CT molecular complexity index is 567. The van der Waals surface area contributed by atoms with Gasteiger partial charge in [0.2, 0.25) is 0 Å². The first-order valence-electron chi connectivity index (χ1n) is 6.89. The van der Waals surface area contributed by atoms with Crippen molar-refractivity contribution in [3.05, 3.63) is 53.6 Å². The summed E-state index contributed by atoms with van der Waals surface area (Å²) in [7, 11) is 0. The van der Waals surface area contributed by atoms with Gasteiger partial charge in [0.05, 0.1) is 0 Å². The van der Waals surface area contributed by atoms with E-state index >= 15 is 0 Å². The highest BCUT2D eigenvalue weighted by molar-refractivity contribution is 5.47. The number of anilines is 1. The van der Waals surface area contributed by atoms with E-state index in [0.717, 1.165) is 23.5 Å². The van der Waals surface area contributed by atoms with Crippen molar-refractivity contribution < 1.29 is 9.47 Å². The smallest absolute Gasteiger partial charge is 0.124 e. The van der Waals surface area contributed by atoms with Crippen molar-refractivity contribution in [2.45, 2.75) is 20.3 Å². The highest BCUT2D eigenvalue weighted by atomic mass is 16.5. The lowest BCUT2D eigenvalue weighted by molar-refractivity contribution is 0.216. The maximum absolute atomic E-state index is 5.74. The molecule has 0 fully saturated rings. The second kappa shape index (κ2) is 6.85. The fourth-order valence-corrected chi connectivity index (χ4v) is 1.94. The molecule has 2 aromatic rings. The van der Waals surface area contributed by atoms with Crippen LogP contribution in [0.1, 0.15) is 18.1 Å². The summed E-state index contributed by atoms with van der Waals surface area (Å²) in [6.07, 6.45) is 1.01. The molecule has 0 saturated heterocycles. The van der Waals surface area contributed by atoms with E-state index in [2.05, 4.69) is 19.1 Å². The largest absolute Gasteiger partial charge is 0.490 e. The van der Waals surface area contributed by atoms with Crippen LogP contribution in [0.2, 0.25) is 0 Å². The van der Waals surface area contributed by atoms with Crippen LogP contribution in [0.15, 0.2) is 42.5 Å². The quantitative estimate of drug-likeness (QED) is 0.645. The second-order valence-corrected chi connectivity index (χ2v) is 4.72. The van der Waals surface area contributed by atoms with Gasteiger partial charge in [-0.15, -0.1) is 0 Å². The Hall–Kier alpha value is -2.16. The van der Waals surface area contributed by atoms with Gasteiger partial charge >= 0.3 is 0 Å². The van der Waals surface area contributed by atoms with Crippen LogP contribution in [0.25, 0.3) is 0 Å². The lowest BCUT2D eigenvalue weighted by atomic mass is 10.2. The van der Waals surface area contributed by atoms with E-state index in [-0.39, 0.29) is 0 Å². The Morgan fingerprint density at radius 2 is 1.80 bits per heavy atom. The number of hydrogen-bond donors (Lipinski definition) is 1. The lowest BCUT2D eigenvalue weighted by Gasteiger charge is -2.11. The monoisotopic (exact) mass is 271 g/mol. The molecule has 0 aliphatic heterocycles. The minimum Gasteiger partial charge on any atom is -0.490 e. The topological polar surface area (TPSA) is 44.5 Å². The summed E-state index contributed by atoms with van der Waals surface area (Å²) in [6.45, 7) is 5.15.